The van der Waals surface area contributed by atoms with E-state index < -0.39 is 0 Å². The van der Waals surface area contributed by atoms with E-state index in [2.05, 4.69) is 0 Å². The molecule has 0 aromatic carbocycles. The van der Waals surface area contributed by atoms with E-state index in [1.807, 2.05) is 0 Å². The lowest BCUT2D eigenvalue weighted by atomic mass is 10.7. The SMILES string of the molecule is Cl.Cl.OCCOCCOCCO. The summed E-state index contributed by atoms with van der Waals surface area (Å²) in [4.78, 5) is 0. The second-order valence-electron chi connectivity index (χ2n) is 1.67. The summed E-state index contributed by atoms with van der Waals surface area (Å²) >= 11 is 0. The van der Waals surface area contributed by atoms with E-state index in [0.29, 0.717) is 26.4 Å². The molecule has 2 N–H and O–H groups in total. The number of aliphatic hydroxyl groups is 2. The first-order chi connectivity index (χ1) is 4.91. The first-order valence-electron chi connectivity index (χ1n) is 3.29. The highest BCUT2D eigenvalue weighted by molar-refractivity contribution is 5.85. The van der Waals surface area contributed by atoms with Crippen molar-refractivity contribution in [3.05, 3.63) is 0 Å². The fourth-order valence-electron chi connectivity index (χ4n) is 0.451. The van der Waals surface area contributed by atoms with Crippen LogP contribution in [-0.4, -0.2) is 49.9 Å². The van der Waals surface area contributed by atoms with Crippen molar-refractivity contribution in [1.29, 1.82) is 0 Å². The van der Waals surface area contributed by atoms with Gasteiger partial charge in [0.1, 0.15) is 0 Å². The van der Waals surface area contributed by atoms with Crippen LogP contribution >= 0.6 is 24.8 Å². The number of hydrogen-bond donors (Lipinski definition) is 2. The molecule has 0 unspecified atom stereocenters. The van der Waals surface area contributed by atoms with Crippen molar-refractivity contribution in [2.45, 2.75) is 0 Å². The van der Waals surface area contributed by atoms with Crippen molar-refractivity contribution in [3.8, 4) is 0 Å². The van der Waals surface area contributed by atoms with E-state index in [-0.39, 0.29) is 38.0 Å². The maximum atomic E-state index is 8.26. The zero-order valence-electron chi connectivity index (χ0n) is 6.77. The van der Waals surface area contributed by atoms with Crippen LogP contribution < -0.4 is 0 Å². The molecule has 0 heterocycles. The minimum Gasteiger partial charge on any atom is -0.394 e. The standard InChI is InChI=1S/C6H14O4.2ClH/c7-1-3-9-5-6-10-4-2-8;;/h7-8H,1-6H2;2*1H. The van der Waals surface area contributed by atoms with E-state index in [0.717, 1.165) is 0 Å². The fraction of sp³-hybridized carbons (Fsp3) is 1.00. The summed E-state index contributed by atoms with van der Waals surface area (Å²) < 4.78 is 9.75. The number of halogens is 2. The molecule has 0 aromatic heterocycles. The maximum absolute atomic E-state index is 8.26. The zero-order chi connectivity index (χ0) is 7.66. The molecule has 0 aliphatic rings. The Kier molecular flexibility index (Phi) is 26.6. The summed E-state index contributed by atoms with van der Waals surface area (Å²) in [6, 6.07) is 0. The van der Waals surface area contributed by atoms with Crippen LogP contribution in [0.25, 0.3) is 0 Å². The minimum absolute atomic E-state index is 0. The Hall–Kier alpha value is 0.420. The summed E-state index contributed by atoms with van der Waals surface area (Å²) in [6.45, 7) is 1.73. The van der Waals surface area contributed by atoms with Crippen molar-refractivity contribution >= 4 is 24.8 Å². The van der Waals surface area contributed by atoms with Crippen LogP contribution in [0, 0.1) is 0 Å². The van der Waals surface area contributed by atoms with Gasteiger partial charge in [0.25, 0.3) is 0 Å². The largest absolute Gasteiger partial charge is 0.394 e. The molecule has 4 nitrogen and oxygen atoms in total. The van der Waals surface area contributed by atoms with Gasteiger partial charge in [0.15, 0.2) is 0 Å². The van der Waals surface area contributed by atoms with Gasteiger partial charge in [-0.05, 0) is 0 Å². The predicted octanol–water partition coefficient (Wildman–Crippen LogP) is -0.152. The highest BCUT2D eigenvalue weighted by Gasteiger charge is 1.86. The molecule has 0 aliphatic heterocycles. The van der Waals surface area contributed by atoms with Gasteiger partial charge in [-0.15, -0.1) is 24.8 Å². The Morgan fingerprint density at radius 3 is 1.25 bits per heavy atom. The first kappa shape index (κ1) is 18.3. The third-order valence-corrected chi connectivity index (χ3v) is 0.843. The summed E-state index contributed by atoms with van der Waals surface area (Å²) in [6.07, 6.45) is 0. The van der Waals surface area contributed by atoms with Crippen molar-refractivity contribution in [2.75, 3.05) is 39.6 Å². The lowest BCUT2D eigenvalue weighted by Crippen LogP contribution is -2.09. The Morgan fingerprint density at radius 2 is 1.00 bits per heavy atom. The molecule has 12 heavy (non-hydrogen) atoms. The third kappa shape index (κ3) is 16.8. The third-order valence-electron chi connectivity index (χ3n) is 0.843. The zero-order valence-corrected chi connectivity index (χ0v) is 8.40. The smallest absolute Gasteiger partial charge is 0.0701 e. The van der Waals surface area contributed by atoms with E-state index in [1.54, 1.807) is 0 Å². The molecule has 78 valence electrons. The fourth-order valence-corrected chi connectivity index (χ4v) is 0.451. The van der Waals surface area contributed by atoms with Crippen LogP contribution in [0.5, 0.6) is 0 Å². The predicted molar refractivity (Wildman–Crippen MR) is 50.3 cm³/mol. The number of ether oxygens (including phenoxy) is 2. The lowest BCUT2D eigenvalue weighted by Gasteiger charge is -2.01. The van der Waals surface area contributed by atoms with E-state index in [4.69, 9.17) is 19.7 Å². The maximum Gasteiger partial charge on any atom is 0.0701 e. The van der Waals surface area contributed by atoms with Gasteiger partial charge >= 0.3 is 0 Å². The molecule has 0 atom stereocenters. The molecule has 0 aromatic rings. The van der Waals surface area contributed by atoms with Crippen LogP contribution in [0.4, 0.5) is 0 Å². The second-order valence-corrected chi connectivity index (χ2v) is 1.67. The van der Waals surface area contributed by atoms with Gasteiger partial charge in [-0.3, -0.25) is 0 Å². The van der Waals surface area contributed by atoms with E-state index >= 15 is 0 Å². The molecule has 0 aliphatic carbocycles. The van der Waals surface area contributed by atoms with E-state index in [9.17, 15) is 0 Å². The highest BCUT2D eigenvalue weighted by atomic mass is 35.5. The highest BCUT2D eigenvalue weighted by Crippen LogP contribution is 1.76. The summed E-state index contributed by atoms with van der Waals surface area (Å²) in [5, 5.41) is 16.5. The molecule has 0 rings (SSSR count). The molecule has 0 spiro atoms. The van der Waals surface area contributed by atoms with Gasteiger partial charge in [-0.25, -0.2) is 0 Å². The molecule has 0 saturated carbocycles. The normalized spacial score (nSPS) is 8.50. The van der Waals surface area contributed by atoms with Crippen LogP contribution in [0.2, 0.25) is 0 Å². The molecular weight excluding hydrogens is 207 g/mol. The first-order valence-corrected chi connectivity index (χ1v) is 3.29. The Balaban J connectivity index is -0.000000405. The van der Waals surface area contributed by atoms with Gasteiger partial charge in [0.2, 0.25) is 0 Å². The summed E-state index contributed by atoms with van der Waals surface area (Å²) in [5.41, 5.74) is 0. The minimum atomic E-state index is 0. The molecule has 0 radical (unpaired) electrons. The van der Waals surface area contributed by atoms with Gasteiger partial charge in [-0.2, -0.15) is 0 Å². The Labute approximate surface area is 84.7 Å². The number of aliphatic hydroxyl groups excluding tert-OH is 2. The average Bonchev–Trinajstić information content (AvgIpc) is 1.97. The number of rotatable bonds is 7. The Morgan fingerprint density at radius 1 is 0.667 bits per heavy atom. The molecule has 0 saturated heterocycles. The van der Waals surface area contributed by atoms with Crippen molar-refractivity contribution in [3.63, 3.8) is 0 Å². The van der Waals surface area contributed by atoms with Gasteiger partial charge in [0.05, 0.1) is 39.6 Å². The van der Waals surface area contributed by atoms with Gasteiger partial charge in [0, 0.05) is 0 Å². The molecule has 6 heteroatoms. The number of hydrogen-bond acceptors (Lipinski definition) is 4. The Bertz CT molecular complexity index is 57.5. The van der Waals surface area contributed by atoms with Crippen LogP contribution in [0.1, 0.15) is 0 Å². The van der Waals surface area contributed by atoms with Crippen LogP contribution in [0.3, 0.4) is 0 Å². The molecule has 0 bridgehead atoms. The van der Waals surface area contributed by atoms with Crippen molar-refractivity contribution in [2.24, 2.45) is 0 Å². The van der Waals surface area contributed by atoms with Gasteiger partial charge in [-0.1, -0.05) is 0 Å². The molecule has 0 fully saturated rings. The van der Waals surface area contributed by atoms with Gasteiger partial charge < -0.3 is 19.7 Å². The molecular formula is C6H16Cl2O4. The summed E-state index contributed by atoms with van der Waals surface area (Å²) in [5.74, 6) is 0. The molecule has 0 amide bonds. The second kappa shape index (κ2) is 17.5. The van der Waals surface area contributed by atoms with E-state index in [1.165, 1.54) is 0 Å². The van der Waals surface area contributed by atoms with Crippen LogP contribution in [0.15, 0.2) is 0 Å². The van der Waals surface area contributed by atoms with Crippen molar-refractivity contribution in [1.82, 2.24) is 0 Å². The lowest BCUT2D eigenvalue weighted by molar-refractivity contribution is 0.0222. The van der Waals surface area contributed by atoms with Crippen molar-refractivity contribution < 1.29 is 19.7 Å². The topological polar surface area (TPSA) is 58.9 Å². The average molecular weight is 223 g/mol. The quantitative estimate of drug-likeness (QED) is 0.589. The monoisotopic (exact) mass is 222 g/mol. The summed E-state index contributed by atoms with van der Waals surface area (Å²) in [7, 11) is 0. The van der Waals surface area contributed by atoms with Crippen LogP contribution in [-0.2, 0) is 9.47 Å².